The van der Waals surface area contributed by atoms with E-state index in [1.165, 1.54) is 0 Å². The zero-order chi connectivity index (χ0) is 72.0. The van der Waals surface area contributed by atoms with Crippen LogP contribution in [0.4, 0.5) is 255 Å². The molecule has 0 aliphatic rings. The summed E-state index contributed by atoms with van der Waals surface area (Å²) in [7, 11) is 0. The molecule has 0 atom stereocenters. The van der Waals surface area contributed by atoms with Crippen molar-refractivity contribution in [2.45, 2.75) is 166 Å². The lowest BCUT2D eigenvalue weighted by Crippen LogP contribution is -2.81. The molecule has 86 heavy (non-hydrogen) atoms. The van der Waals surface area contributed by atoms with Gasteiger partial charge in [0.25, 0.3) is 0 Å². The Morgan fingerprint density at radius 1 is 0.0581 bits per heavy atom. The van der Waals surface area contributed by atoms with Crippen LogP contribution in [0.2, 0.25) is 0 Å². The van der Waals surface area contributed by atoms with Crippen LogP contribution in [0, 0.1) is 0 Å². The Bertz CT molecular complexity index is 2270. The van der Waals surface area contributed by atoms with Gasteiger partial charge in [0.05, 0.1) is 0 Å². The summed E-state index contributed by atoms with van der Waals surface area (Å²) >= 11 is 0. The van der Waals surface area contributed by atoms with Crippen LogP contribution in [-0.2, 0) is 0 Å². The zero-order valence-corrected chi connectivity index (χ0v) is 35.9. The third-order valence-electron chi connectivity index (χ3n) is 10.6. The molecule has 58 heteroatoms. The van der Waals surface area contributed by atoms with Crippen LogP contribution in [-0.4, -0.2) is 166 Å². The molecule has 0 saturated carbocycles. The summed E-state index contributed by atoms with van der Waals surface area (Å²) in [4.78, 5) is 0. The maximum Gasteiger partial charge on any atom is 0.460 e. The molecule has 0 saturated heterocycles. The van der Waals surface area contributed by atoms with Crippen LogP contribution in [0.25, 0.3) is 0 Å². The van der Waals surface area contributed by atoms with Crippen LogP contribution in [0.3, 0.4) is 0 Å². The molecule has 0 bridgehead atoms. The van der Waals surface area contributed by atoms with Gasteiger partial charge < -0.3 is 0 Å². The lowest BCUT2D eigenvalue weighted by molar-refractivity contribution is -0.500. The van der Waals surface area contributed by atoms with Crippen molar-refractivity contribution in [1.82, 2.24) is 0 Å². The lowest BCUT2D eigenvalue weighted by atomic mass is 9.81. The van der Waals surface area contributed by atoms with Gasteiger partial charge in [-0.2, -0.15) is 255 Å². The lowest BCUT2D eigenvalue weighted by Gasteiger charge is -2.48. The fraction of sp³-hybridized carbons (Fsp3) is 1.00. The minimum absolute atomic E-state index is 8.69. The Labute approximate surface area is 422 Å². The molecule has 0 aliphatic carbocycles. The molecule has 0 heterocycles. The molecule has 518 valence electrons. The molecule has 0 rings (SSSR count). The quantitative estimate of drug-likeness (QED) is 0.0799. The van der Waals surface area contributed by atoms with Crippen LogP contribution in [0.5, 0.6) is 0 Å². The van der Waals surface area contributed by atoms with E-state index in [1.807, 2.05) is 0 Å². The molecule has 0 N–H and O–H groups in total. The molecule has 0 radical (unpaired) electrons. The second-order valence-corrected chi connectivity index (χ2v) is 15.9. The topological polar surface area (TPSA) is 0 Å². The van der Waals surface area contributed by atoms with Gasteiger partial charge in [-0.05, 0) is 0 Å². The van der Waals surface area contributed by atoms with E-state index in [4.69, 9.17) is 0 Å². The first-order valence-electron chi connectivity index (χ1n) is 17.7. The van der Waals surface area contributed by atoms with Crippen LogP contribution in [0.15, 0.2) is 0 Å². The van der Waals surface area contributed by atoms with Crippen molar-refractivity contribution in [3.63, 3.8) is 0 Å². The van der Waals surface area contributed by atoms with Gasteiger partial charge in [-0.15, -0.1) is 0 Å². The van der Waals surface area contributed by atoms with E-state index in [1.54, 1.807) is 0 Å². The van der Waals surface area contributed by atoms with Gasteiger partial charge in [-0.25, -0.2) is 0 Å². The Hall–Kier alpha value is -4.06. The standard InChI is InChI=1S/C28F58/c29-1(30,3(33,34)5(37,38)7(41,42)9(45,46)11(49,50)13(53,54)15(57,58)17(61,62)19(65,66)21(69,70)23(73,74)25(77,78)27(81,82)83)2(31,32)4(35,36)6(39,40)8(43,44)10(47,48)12(51,52)14(55,56)16(59,60)18(63,64)20(67,68)22(71,72)24(75,76)26(79,80)28(84,85)86. The zero-order valence-electron chi connectivity index (χ0n) is 35.9. The second-order valence-electron chi connectivity index (χ2n) is 15.9. The Morgan fingerprint density at radius 3 is 0.128 bits per heavy atom. The maximum absolute atomic E-state index is 14.2. The molecule has 0 aliphatic heterocycles. The summed E-state index contributed by atoms with van der Waals surface area (Å²) in [6, 6.07) is 0. The van der Waals surface area contributed by atoms with Crippen molar-refractivity contribution < 1.29 is 255 Å². The fourth-order valence-corrected chi connectivity index (χ4v) is 5.09. The van der Waals surface area contributed by atoms with E-state index >= 15 is 0 Å². The van der Waals surface area contributed by atoms with Gasteiger partial charge >= 0.3 is 166 Å². The molecule has 0 amide bonds. The first-order valence-corrected chi connectivity index (χ1v) is 17.7. The highest BCUT2D eigenvalue weighted by atomic mass is 19.5. The molecule has 0 fully saturated rings. The fourth-order valence-electron chi connectivity index (χ4n) is 5.09. The average Bonchev–Trinajstić information content (AvgIpc) is 3.26. The summed E-state index contributed by atoms with van der Waals surface area (Å²) in [5, 5.41) is 0. The van der Waals surface area contributed by atoms with E-state index in [-0.39, 0.29) is 0 Å². The van der Waals surface area contributed by atoms with Crippen molar-refractivity contribution in [3.8, 4) is 0 Å². The van der Waals surface area contributed by atoms with Gasteiger partial charge in [-0.3, -0.25) is 0 Å². The summed E-state index contributed by atoms with van der Waals surface area (Å²) in [6.07, 6.45) is -17.4. The highest BCUT2D eigenvalue weighted by Gasteiger charge is 3.05. The number of hydrogen-bond acceptors (Lipinski definition) is 0. The number of alkyl halides is 58. The molecular weight excluding hydrogens is 1440 g/mol. The van der Waals surface area contributed by atoms with Gasteiger partial charge in [0.1, 0.15) is 0 Å². The molecule has 0 aromatic carbocycles. The van der Waals surface area contributed by atoms with Crippen molar-refractivity contribution in [1.29, 1.82) is 0 Å². The molecule has 0 spiro atoms. The van der Waals surface area contributed by atoms with Gasteiger partial charge in [0.2, 0.25) is 0 Å². The van der Waals surface area contributed by atoms with E-state index < -0.39 is 166 Å². The predicted molar refractivity (Wildman–Crippen MR) is 141 cm³/mol. The highest BCUT2D eigenvalue weighted by Crippen LogP contribution is 2.74. The molecule has 0 aromatic rings. The van der Waals surface area contributed by atoms with E-state index in [0.29, 0.717) is 0 Å². The van der Waals surface area contributed by atoms with Crippen LogP contribution >= 0.6 is 0 Å². The Kier molecular flexibility index (Phi) is 18.3. The van der Waals surface area contributed by atoms with Crippen molar-refractivity contribution >= 4 is 0 Å². The summed E-state index contributed by atoms with van der Waals surface area (Å²) in [6.45, 7) is 0. The van der Waals surface area contributed by atoms with Gasteiger partial charge in [-0.1, -0.05) is 0 Å². The average molecular weight is 1440 g/mol. The normalized spacial score (nSPS) is 17.7. The van der Waals surface area contributed by atoms with Gasteiger partial charge in [0, 0.05) is 0 Å². The largest absolute Gasteiger partial charge is 0.460 e. The van der Waals surface area contributed by atoms with Crippen molar-refractivity contribution in [3.05, 3.63) is 0 Å². The van der Waals surface area contributed by atoms with Crippen molar-refractivity contribution in [2.24, 2.45) is 0 Å². The maximum atomic E-state index is 14.2. The van der Waals surface area contributed by atoms with Crippen LogP contribution in [0.1, 0.15) is 0 Å². The van der Waals surface area contributed by atoms with E-state index in [0.717, 1.165) is 0 Å². The highest BCUT2D eigenvalue weighted by molar-refractivity contribution is 5.25. The first kappa shape index (κ1) is 81.9. The van der Waals surface area contributed by atoms with Crippen molar-refractivity contribution in [2.75, 3.05) is 0 Å². The van der Waals surface area contributed by atoms with Gasteiger partial charge in [0.15, 0.2) is 0 Å². The first-order chi connectivity index (χ1) is 35.8. The third-order valence-corrected chi connectivity index (χ3v) is 10.6. The smallest absolute Gasteiger partial charge is 0.192 e. The molecule has 0 nitrogen and oxygen atoms in total. The SMILES string of the molecule is FC(F)(F)C(F)(F)C(F)(F)C(F)(F)C(F)(F)C(F)(F)C(F)(F)C(F)(F)C(F)(F)C(F)(F)C(F)(F)C(F)(F)C(F)(F)C(F)(F)C(F)(F)C(F)(F)C(F)(F)C(F)(F)C(F)(F)C(F)(F)C(F)(F)C(F)(F)C(F)(F)C(F)(F)C(F)(F)C(F)(F)C(F)(F)C(F)(F)F. The second kappa shape index (κ2) is 19.2. The summed E-state index contributed by atoms with van der Waals surface area (Å²) in [5.74, 6) is -276. The Morgan fingerprint density at radius 2 is 0.0930 bits per heavy atom. The number of rotatable bonds is 25. The molecule has 0 aromatic heterocycles. The minimum Gasteiger partial charge on any atom is -0.192 e. The van der Waals surface area contributed by atoms with E-state index in [2.05, 4.69) is 0 Å². The van der Waals surface area contributed by atoms with E-state index in [9.17, 15) is 255 Å². The van der Waals surface area contributed by atoms with Crippen LogP contribution < -0.4 is 0 Å². The molecular formula is C28F58. The molecule has 0 unspecified atom stereocenters. The minimum atomic E-state index is -11.2. The predicted octanol–water partition coefficient (Wildman–Crippen LogP) is 18.6. The summed E-state index contributed by atoms with van der Waals surface area (Å²) < 4.78 is 793. The Balaban J connectivity index is 8.33. The third kappa shape index (κ3) is 8.73. The monoisotopic (exact) mass is 1440 g/mol. The number of halogens is 58. The summed E-state index contributed by atoms with van der Waals surface area (Å²) in [5.41, 5.74) is 0. The number of hydrogen-bond donors (Lipinski definition) is 0.